The Morgan fingerprint density at radius 3 is 2.33 bits per heavy atom. The van der Waals surface area contributed by atoms with Gasteiger partial charge in [0, 0.05) is 6.42 Å². The SMILES string of the molecule is N#CCC[CH]C(F)(F)F. The second kappa shape index (κ2) is 3.33. The van der Waals surface area contributed by atoms with Gasteiger partial charge in [0.2, 0.25) is 0 Å². The minimum Gasteiger partial charge on any atom is -0.198 e. The zero-order valence-corrected chi connectivity index (χ0v) is 4.57. The zero-order valence-electron chi connectivity index (χ0n) is 4.57. The highest BCUT2D eigenvalue weighted by atomic mass is 19.4. The Balaban J connectivity index is 3.20. The summed E-state index contributed by atoms with van der Waals surface area (Å²) in [4.78, 5) is 0. The Morgan fingerprint density at radius 2 is 2.00 bits per heavy atom. The van der Waals surface area contributed by atoms with Gasteiger partial charge in [0.25, 0.3) is 0 Å². The van der Waals surface area contributed by atoms with Crippen LogP contribution in [0.5, 0.6) is 0 Å². The van der Waals surface area contributed by atoms with Gasteiger partial charge < -0.3 is 0 Å². The molecule has 0 spiro atoms. The molecule has 9 heavy (non-hydrogen) atoms. The topological polar surface area (TPSA) is 23.8 Å². The van der Waals surface area contributed by atoms with Crippen molar-refractivity contribution in [3.05, 3.63) is 6.42 Å². The Bertz CT molecular complexity index is 110. The van der Waals surface area contributed by atoms with Gasteiger partial charge in [-0.1, -0.05) is 0 Å². The lowest BCUT2D eigenvalue weighted by Gasteiger charge is -2.00. The molecule has 51 valence electrons. The summed E-state index contributed by atoms with van der Waals surface area (Å²) in [5, 5.41) is 7.83. The van der Waals surface area contributed by atoms with Gasteiger partial charge in [0.1, 0.15) is 0 Å². The normalized spacial score (nSPS) is 10.9. The van der Waals surface area contributed by atoms with Gasteiger partial charge in [-0.25, -0.2) is 0 Å². The van der Waals surface area contributed by atoms with Crippen LogP contribution in [0, 0.1) is 17.8 Å². The van der Waals surface area contributed by atoms with Crippen molar-refractivity contribution in [3.8, 4) is 6.07 Å². The van der Waals surface area contributed by atoms with Crippen molar-refractivity contribution in [2.45, 2.75) is 19.0 Å². The summed E-state index contributed by atoms with van der Waals surface area (Å²) in [5.74, 6) is 0. The van der Waals surface area contributed by atoms with E-state index in [-0.39, 0.29) is 19.3 Å². The Morgan fingerprint density at radius 1 is 1.44 bits per heavy atom. The first-order valence-corrected chi connectivity index (χ1v) is 2.34. The molecule has 1 radical (unpaired) electrons. The van der Waals surface area contributed by atoms with E-state index in [1.807, 2.05) is 0 Å². The van der Waals surface area contributed by atoms with Crippen LogP contribution in [0.1, 0.15) is 12.8 Å². The predicted molar refractivity (Wildman–Crippen MR) is 25.2 cm³/mol. The minimum absolute atomic E-state index is 0.0699. The Kier molecular flexibility index (Phi) is 3.07. The number of alkyl halides is 3. The third kappa shape index (κ3) is 7.28. The van der Waals surface area contributed by atoms with E-state index in [0.29, 0.717) is 0 Å². The molecule has 0 aliphatic carbocycles. The maximum absolute atomic E-state index is 11.2. The third-order valence-electron chi connectivity index (χ3n) is 0.632. The van der Waals surface area contributed by atoms with E-state index >= 15 is 0 Å². The lowest BCUT2D eigenvalue weighted by molar-refractivity contribution is -0.0980. The fourth-order valence-corrected chi connectivity index (χ4v) is 0.300. The van der Waals surface area contributed by atoms with Crippen molar-refractivity contribution in [2.24, 2.45) is 0 Å². The monoisotopic (exact) mass is 136 g/mol. The summed E-state index contributed by atoms with van der Waals surface area (Å²) in [7, 11) is 0. The smallest absolute Gasteiger partial charge is 0.198 e. The molecule has 0 amide bonds. The number of hydrogen-bond acceptors (Lipinski definition) is 1. The van der Waals surface area contributed by atoms with Crippen molar-refractivity contribution >= 4 is 0 Å². The first-order valence-electron chi connectivity index (χ1n) is 2.34. The van der Waals surface area contributed by atoms with Gasteiger partial charge in [-0.2, -0.15) is 18.4 Å². The van der Waals surface area contributed by atoms with E-state index in [4.69, 9.17) is 5.26 Å². The minimum atomic E-state index is -4.23. The number of rotatable bonds is 2. The largest absolute Gasteiger partial charge is 0.392 e. The summed E-state index contributed by atoms with van der Waals surface area (Å²) in [6.45, 7) is 0. The number of nitrogens with zero attached hydrogens (tertiary/aromatic N) is 1. The van der Waals surface area contributed by atoms with Crippen LogP contribution in [0.2, 0.25) is 0 Å². The van der Waals surface area contributed by atoms with E-state index in [2.05, 4.69) is 0 Å². The lowest BCUT2D eigenvalue weighted by atomic mass is 10.2. The van der Waals surface area contributed by atoms with E-state index in [0.717, 1.165) is 0 Å². The van der Waals surface area contributed by atoms with Crippen LogP contribution in [0.15, 0.2) is 0 Å². The fraction of sp³-hybridized carbons (Fsp3) is 0.600. The molecule has 0 unspecified atom stereocenters. The van der Waals surface area contributed by atoms with Crippen LogP contribution in [-0.4, -0.2) is 6.18 Å². The molecular weight excluding hydrogens is 131 g/mol. The molecule has 0 aromatic heterocycles. The summed E-state index contributed by atoms with van der Waals surface area (Å²) >= 11 is 0. The molecule has 0 aliphatic rings. The highest BCUT2D eigenvalue weighted by Crippen LogP contribution is 2.20. The van der Waals surface area contributed by atoms with E-state index in [9.17, 15) is 13.2 Å². The highest BCUT2D eigenvalue weighted by molar-refractivity contribution is 4.80. The number of nitriles is 1. The second-order valence-electron chi connectivity index (χ2n) is 1.44. The Labute approximate surface area is 51.1 Å². The summed E-state index contributed by atoms with van der Waals surface area (Å²) in [5.41, 5.74) is 0. The average Bonchev–Trinajstić information content (AvgIpc) is 1.63. The Hall–Kier alpha value is -0.720. The zero-order chi connectivity index (χ0) is 7.33. The van der Waals surface area contributed by atoms with E-state index < -0.39 is 6.18 Å². The summed E-state index contributed by atoms with van der Waals surface area (Å²) in [6, 6.07) is 1.61. The van der Waals surface area contributed by atoms with Gasteiger partial charge in [-0.3, -0.25) is 0 Å². The molecule has 0 heterocycles. The molecule has 0 aromatic rings. The standard InChI is InChI=1S/C5H5F3N/c6-5(7,8)3-1-2-4-9/h3H,1-2H2. The van der Waals surface area contributed by atoms with Crippen molar-refractivity contribution in [1.82, 2.24) is 0 Å². The molecule has 0 fully saturated rings. The van der Waals surface area contributed by atoms with E-state index in [1.54, 1.807) is 6.07 Å². The molecule has 0 N–H and O–H groups in total. The van der Waals surface area contributed by atoms with E-state index in [1.165, 1.54) is 0 Å². The number of halogens is 3. The maximum atomic E-state index is 11.2. The van der Waals surface area contributed by atoms with Gasteiger partial charge in [0.15, 0.2) is 0 Å². The van der Waals surface area contributed by atoms with Gasteiger partial charge >= 0.3 is 6.18 Å². The number of hydrogen-bond donors (Lipinski definition) is 0. The molecule has 0 atom stereocenters. The number of unbranched alkanes of at least 4 members (excludes halogenated alkanes) is 1. The van der Waals surface area contributed by atoms with Crippen LogP contribution in [0.25, 0.3) is 0 Å². The van der Waals surface area contributed by atoms with Gasteiger partial charge in [-0.15, -0.1) is 0 Å². The van der Waals surface area contributed by atoms with Crippen LogP contribution in [0.3, 0.4) is 0 Å². The van der Waals surface area contributed by atoms with Crippen molar-refractivity contribution in [1.29, 1.82) is 5.26 Å². The molecule has 0 rings (SSSR count). The van der Waals surface area contributed by atoms with Crippen molar-refractivity contribution in [3.63, 3.8) is 0 Å². The highest BCUT2D eigenvalue weighted by Gasteiger charge is 2.26. The second-order valence-corrected chi connectivity index (χ2v) is 1.44. The predicted octanol–water partition coefficient (Wildman–Crippen LogP) is 2.06. The molecule has 0 bridgehead atoms. The third-order valence-corrected chi connectivity index (χ3v) is 0.632. The maximum Gasteiger partial charge on any atom is 0.392 e. The molecule has 4 heteroatoms. The quantitative estimate of drug-likeness (QED) is 0.533. The average molecular weight is 136 g/mol. The van der Waals surface area contributed by atoms with Crippen LogP contribution < -0.4 is 0 Å². The molecule has 0 saturated heterocycles. The molecule has 0 saturated carbocycles. The molecular formula is C5H5F3N. The first-order chi connectivity index (χ1) is 4.06. The molecule has 0 aromatic carbocycles. The van der Waals surface area contributed by atoms with Crippen molar-refractivity contribution < 1.29 is 13.2 Å². The summed E-state index contributed by atoms with van der Waals surface area (Å²) < 4.78 is 33.6. The first kappa shape index (κ1) is 8.28. The molecule has 0 aliphatic heterocycles. The van der Waals surface area contributed by atoms with Gasteiger partial charge in [0.05, 0.1) is 12.5 Å². The lowest BCUT2D eigenvalue weighted by Crippen LogP contribution is -2.06. The molecule has 1 nitrogen and oxygen atoms in total. The summed E-state index contributed by atoms with van der Waals surface area (Å²) in [6.07, 6.45) is -4.33. The van der Waals surface area contributed by atoms with Gasteiger partial charge in [-0.05, 0) is 6.42 Å². The van der Waals surface area contributed by atoms with Crippen LogP contribution in [-0.2, 0) is 0 Å². The van der Waals surface area contributed by atoms with Crippen LogP contribution >= 0.6 is 0 Å². The van der Waals surface area contributed by atoms with Crippen LogP contribution in [0.4, 0.5) is 13.2 Å². The van der Waals surface area contributed by atoms with Crippen molar-refractivity contribution in [2.75, 3.05) is 0 Å². The fourth-order valence-electron chi connectivity index (χ4n) is 0.300.